The van der Waals surface area contributed by atoms with Crippen molar-refractivity contribution in [3.8, 4) is 5.75 Å². The van der Waals surface area contributed by atoms with Crippen LogP contribution in [-0.2, 0) is 26.1 Å². The number of halogens is 1. The molecule has 8 nitrogen and oxygen atoms in total. The maximum absolute atomic E-state index is 12.8. The molecule has 0 aliphatic rings. The van der Waals surface area contributed by atoms with Crippen LogP contribution in [0.25, 0.3) is 0 Å². The Kier molecular flexibility index (Phi) is 7.83. The normalized spacial score (nSPS) is 12.2. The Bertz CT molecular complexity index is 1020. The second-order valence-corrected chi connectivity index (χ2v) is 8.77. The lowest BCUT2D eigenvalue weighted by Crippen LogP contribution is -2.35. The Morgan fingerprint density at radius 2 is 1.77 bits per heavy atom. The molecule has 0 saturated carbocycles. The molecule has 0 spiro atoms. The maximum atomic E-state index is 12.8. The van der Waals surface area contributed by atoms with Crippen molar-refractivity contribution in [3.63, 3.8) is 0 Å². The number of carbonyl (C=O) groups is 2. The minimum Gasteiger partial charge on any atom is -0.495 e. The Hall–Kier alpha value is -2.62. The molecule has 1 N–H and O–H groups in total. The van der Waals surface area contributed by atoms with Gasteiger partial charge in [0.25, 0.3) is 5.91 Å². The number of sulfonamides is 1. The van der Waals surface area contributed by atoms with Crippen molar-refractivity contribution in [2.45, 2.75) is 24.5 Å². The van der Waals surface area contributed by atoms with Crippen molar-refractivity contribution >= 4 is 33.5 Å². The molecule has 0 fully saturated rings. The standard InChI is InChI=1S/C20H23ClN2O6S/c1-13(19(24)23(2)3)29-20(25)15-7-10-17(28-4)18(11-15)30(26,27)22-12-14-5-8-16(21)9-6-14/h5-11,13,22H,12H2,1-4H3. The van der Waals surface area contributed by atoms with Crippen LogP contribution in [0.2, 0.25) is 5.02 Å². The van der Waals surface area contributed by atoms with Crippen molar-refractivity contribution < 1.29 is 27.5 Å². The number of nitrogens with zero attached hydrogens (tertiary/aromatic N) is 1. The SMILES string of the molecule is COc1ccc(C(=O)OC(C)C(=O)N(C)C)cc1S(=O)(=O)NCc1ccc(Cl)cc1. The van der Waals surface area contributed by atoms with Crippen molar-refractivity contribution in [2.75, 3.05) is 21.2 Å². The van der Waals surface area contributed by atoms with Crippen LogP contribution in [0.1, 0.15) is 22.8 Å². The van der Waals surface area contributed by atoms with E-state index in [4.69, 9.17) is 21.1 Å². The number of likely N-dealkylation sites (N-methyl/N-ethyl adjacent to an activating group) is 1. The summed E-state index contributed by atoms with van der Waals surface area (Å²) in [4.78, 5) is 25.4. The van der Waals surface area contributed by atoms with Gasteiger partial charge in [0.15, 0.2) is 6.10 Å². The average Bonchev–Trinajstić information content (AvgIpc) is 2.72. The van der Waals surface area contributed by atoms with E-state index >= 15 is 0 Å². The molecule has 2 rings (SSSR count). The molecule has 1 amide bonds. The van der Waals surface area contributed by atoms with Crippen molar-refractivity contribution in [3.05, 3.63) is 58.6 Å². The van der Waals surface area contributed by atoms with E-state index in [1.54, 1.807) is 24.3 Å². The second kappa shape index (κ2) is 9.92. The minimum absolute atomic E-state index is 0.0195. The second-order valence-electron chi connectivity index (χ2n) is 6.60. The van der Waals surface area contributed by atoms with Gasteiger partial charge in [0.05, 0.1) is 12.7 Å². The Morgan fingerprint density at radius 1 is 1.13 bits per heavy atom. The minimum atomic E-state index is -4.02. The lowest BCUT2D eigenvalue weighted by atomic mass is 10.2. The molecule has 2 aromatic rings. The number of hydrogen-bond acceptors (Lipinski definition) is 6. The summed E-state index contributed by atoms with van der Waals surface area (Å²) in [6.07, 6.45) is -1.02. The fraction of sp³-hybridized carbons (Fsp3) is 0.300. The summed E-state index contributed by atoms with van der Waals surface area (Å²) in [7, 11) is 0.384. The molecule has 0 aliphatic heterocycles. The number of ether oxygens (including phenoxy) is 2. The molecular weight excluding hydrogens is 432 g/mol. The van der Waals surface area contributed by atoms with Crippen LogP contribution in [-0.4, -0.2) is 52.5 Å². The number of esters is 1. The molecule has 1 atom stereocenters. The quantitative estimate of drug-likeness (QED) is 0.615. The summed E-state index contributed by atoms with van der Waals surface area (Å²) in [5.41, 5.74) is 0.676. The van der Waals surface area contributed by atoms with E-state index < -0.39 is 28.0 Å². The van der Waals surface area contributed by atoms with Gasteiger partial charge < -0.3 is 14.4 Å². The first-order chi connectivity index (χ1) is 14.0. The third-order valence-electron chi connectivity index (χ3n) is 4.14. The number of hydrogen-bond donors (Lipinski definition) is 1. The lowest BCUT2D eigenvalue weighted by Gasteiger charge is -2.17. The number of methoxy groups -OCH3 is 1. The third kappa shape index (κ3) is 5.94. The predicted octanol–water partition coefficient (Wildman–Crippen LogP) is 2.46. The first kappa shape index (κ1) is 23.7. The molecule has 0 radical (unpaired) electrons. The van der Waals surface area contributed by atoms with E-state index in [2.05, 4.69) is 4.72 Å². The Labute approximate surface area is 180 Å². The van der Waals surface area contributed by atoms with Crippen LogP contribution in [0.3, 0.4) is 0 Å². The Morgan fingerprint density at radius 3 is 2.33 bits per heavy atom. The fourth-order valence-electron chi connectivity index (χ4n) is 2.51. The molecule has 2 aromatic carbocycles. The molecule has 0 saturated heterocycles. The highest BCUT2D eigenvalue weighted by molar-refractivity contribution is 7.89. The lowest BCUT2D eigenvalue weighted by molar-refractivity contribution is -0.137. The molecule has 0 bridgehead atoms. The molecule has 30 heavy (non-hydrogen) atoms. The molecule has 0 aromatic heterocycles. The summed E-state index contributed by atoms with van der Waals surface area (Å²) in [5, 5.41) is 0.538. The van der Waals surface area contributed by atoms with Gasteiger partial charge in [-0.25, -0.2) is 17.9 Å². The third-order valence-corrected chi connectivity index (χ3v) is 5.82. The molecule has 1 unspecified atom stereocenters. The highest BCUT2D eigenvalue weighted by atomic mass is 35.5. The first-order valence-electron chi connectivity index (χ1n) is 8.89. The first-order valence-corrected chi connectivity index (χ1v) is 10.8. The van der Waals surface area contributed by atoms with Crippen LogP contribution in [0, 0.1) is 0 Å². The van der Waals surface area contributed by atoms with Gasteiger partial charge in [-0.15, -0.1) is 0 Å². The predicted molar refractivity (Wildman–Crippen MR) is 112 cm³/mol. The van der Waals surface area contributed by atoms with Gasteiger partial charge in [0, 0.05) is 25.7 Å². The number of nitrogens with one attached hydrogen (secondary N) is 1. The van der Waals surface area contributed by atoms with Crippen LogP contribution in [0.4, 0.5) is 0 Å². The van der Waals surface area contributed by atoms with Gasteiger partial charge in [-0.2, -0.15) is 0 Å². The summed E-state index contributed by atoms with van der Waals surface area (Å²) < 4.78 is 38.4. The maximum Gasteiger partial charge on any atom is 0.338 e. The van der Waals surface area contributed by atoms with E-state index in [-0.39, 0.29) is 22.8 Å². The van der Waals surface area contributed by atoms with Gasteiger partial charge in [-0.05, 0) is 42.8 Å². The van der Waals surface area contributed by atoms with E-state index in [9.17, 15) is 18.0 Å². The van der Waals surface area contributed by atoms with E-state index in [0.29, 0.717) is 10.6 Å². The van der Waals surface area contributed by atoms with Gasteiger partial charge in [0.2, 0.25) is 10.0 Å². The summed E-state index contributed by atoms with van der Waals surface area (Å²) in [6, 6.07) is 10.6. The summed E-state index contributed by atoms with van der Waals surface area (Å²) in [5.74, 6) is -1.16. The Balaban J connectivity index is 2.24. The highest BCUT2D eigenvalue weighted by Gasteiger charge is 2.24. The number of rotatable bonds is 8. The highest BCUT2D eigenvalue weighted by Crippen LogP contribution is 2.26. The molecule has 0 aliphatic carbocycles. The average molecular weight is 455 g/mol. The molecule has 0 heterocycles. The molecular formula is C20H23ClN2O6S. The number of carbonyl (C=O) groups excluding carboxylic acids is 2. The van der Waals surface area contributed by atoms with Crippen molar-refractivity contribution in [2.24, 2.45) is 0 Å². The van der Waals surface area contributed by atoms with Gasteiger partial charge in [0.1, 0.15) is 10.6 Å². The fourth-order valence-corrected chi connectivity index (χ4v) is 3.85. The van der Waals surface area contributed by atoms with Crippen molar-refractivity contribution in [1.82, 2.24) is 9.62 Å². The van der Waals surface area contributed by atoms with Crippen LogP contribution in [0.15, 0.2) is 47.4 Å². The van der Waals surface area contributed by atoms with E-state index in [1.165, 1.54) is 45.2 Å². The zero-order valence-corrected chi connectivity index (χ0v) is 18.6. The van der Waals surface area contributed by atoms with Crippen LogP contribution < -0.4 is 9.46 Å². The van der Waals surface area contributed by atoms with Crippen molar-refractivity contribution in [1.29, 1.82) is 0 Å². The monoisotopic (exact) mass is 454 g/mol. The van der Waals surface area contributed by atoms with Crippen LogP contribution >= 0.6 is 11.6 Å². The zero-order valence-electron chi connectivity index (χ0n) is 17.0. The molecule has 162 valence electrons. The largest absolute Gasteiger partial charge is 0.495 e. The van der Waals surface area contributed by atoms with Gasteiger partial charge in [-0.1, -0.05) is 23.7 Å². The van der Waals surface area contributed by atoms with E-state index in [1.807, 2.05) is 0 Å². The zero-order chi connectivity index (χ0) is 22.5. The number of amides is 1. The van der Waals surface area contributed by atoms with Gasteiger partial charge in [-0.3, -0.25) is 4.79 Å². The van der Waals surface area contributed by atoms with E-state index in [0.717, 1.165) is 6.07 Å². The van der Waals surface area contributed by atoms with Crippen LogP contribution in [0.5, 0.6) is 5.75 Å². The number of benzene rings is 2. The summed E-state index contributed by atoms with van der Waals surface area (Å²) in [6.45, 7) is 1.46. The smallest absolute Gasteiger partial charge is 0.338 e. The van der Waals surface area contributed by atoms with Gasteiger partial charge >= 0.3 is 5.97 Å². The summed E-state index contributed by atoms with van der Waals surface area (Å²) >= 11 is 5.83. The molecule has 10 heteroatoms. The topological polar surface area (TPSA) is 102 Å².